The molecule has 15 heavy (non-hydrogen) atoms. The highest BCUT2D eigenvalue weighted by Crippen LogP contribution is 2.26. The Morgan fingerprint density at radius 2 is 1.73 bits per heavy atom. The van der Waals surface area contributed by atoms with Gasteiger partial charge in [-0.2, -0.15) is 0 Å². The molecule has 1 atom stereocenters. The fourth-order valence-electron chi connectivity index (χ4n) is 1.77. The van der Waals surface area contributed by atoms with Gasteiger partial charge in [-0.25, -0.2) is 0 Å². The van der Waals surface area contributed by atoms with Gasteiger partial charge in [0.15, 0.2) is 0 Å². The third-order valence-electron chi connectivity index (χ3n) is 2.53. The minimum absolute atomic E-state index is 0.134. The van der Waals surface area contributed by atoms with Crippen molar-refractivity contribution in [3.63, 3.8) is 0 Å². The lowest BCUT2D eigenvalue weighted by Crippen LogP contribution is -2.37. The second-order valence-electron chi connectivity index (χ2n) is 5.08. The van der Waals surface area contributed by atoms with Crippen LogP contribution in [0.25, 0.3) is 0 Å². The van der Waals surface area contributed by atoms with Crippen LogP contribution in [-0.4, -0.2) is 24.5 Å². The van der Waals surface area contributed by atoms with Gasteiger partial charge in [-0.15, -0.1) is 0 Å². The van der Waals surface area contributed by atoms with E-state index >= 15 is 0 Å². The summed E-state index contributed by atoms with van der Waals surface area (Å²) in [6.45, 7) is 4.15. The summed E-state index contributed by atoms with van der Waals surface area (Å²) in [6.07, 6.45) is 0.962. The van der Waals surface area contributed by atoms with Crippen LogP contribution < -0.4 is 5.73 Å². The molecule has 0 spiro atoms. The van der Waals surface area contributed by atoms with Gasteiger partial charge >= 0.3 is 0 Å². The van der Waals surface area contributed by atoms with Crippen molar-refractivity contribution in [3.8, 4) is 0 Å². The van der Waals surface area contributed by atoms with E-state index in [-0.39, 0.29) is 5.54 Å². The summed E-state index contributed by atoms with van der Waals surface area (Å²) >= 11 is 0. The first-order chi connectivity index (χ1) is 6.90. The second kappa shape index (κ2) is 4.77. The Morgan fingerprint density at radius 3 is 2.13 bits per heavy atom. The zero-order valence-corrected chi connectivity index (χ0v) is 10.2. The topological polar surface area (TPSA) is 29.3 Å². The lowest BCUT2D eigenvalue weighted by Gasteiger charge is -2.31. The molecule has 0 aliphatic rings. The summed E-state index contributed by atoms with van der Waals surface area (Å²) in [5.41, 5.74) is 7.28. The standard InChI is InChI=1S/C13H22N2/c1-13(2,14)10-12(15(3)4)11-8-6-5-7-9-11/h5-9,12H,10,14H2,1-4H3. The highest BCUT2D eigenvalue weighted by atomic mass is 15.1. The van der Waals surface area contributed by atoms with Crippen LogP contribution in [0, 0.1) is 0 Å². The number of hydrogen-bond acceptors (Lipinski definition) is 2. The third-order valence-corrected chi connectivity index (χ3v) is 2.53. The van der Waals surface area contributed by atoms with Crippen molar-refractivity contribution in [1.82, 2.24) is 4.90 Å². The Balaban J connectivity index is 2.85. The van der Waals surface area contributed by atoms with Crippen LogP contribution in [0.1, 0.15) is 31.9 Å². The molecule has 0 heterocycles. The van der Waals surface area contributed by atoms with Crippen LogP contribution >= 0.6 is 0 Å². The molecule has 2 heteroatoms. The summed E-state index contributed by atoms with van der Waals surface area (Å²) < 4.78 is 0. The Labute approximate surface area is 93.1 Å². The fraction of sp³-hybridized carbons (Fsp3) is 0.538. The normalized spacial score (nSPS) is 14.3. The molecule has 0 fully saturated rings. The molecule has 0 aliphatic carbocycles. The molecule has 2 nitrogen and oxygen atoms in total. The molecule has 0 saturated carbocycles. The number of hydrogen-bond donors (Lipinski definition) is 1. The van der Waals surface area contributed by atoms with Gasteiger partial charge in [-0.1, -0.05) is 30.3 Å². The quantitative estimate of drug-likeness (QED) is 0.819. The summed E-state index contributed by atoms with van der Waals surface area (Å²) in [5, 5.41) is 0. The van der Waals surface area contributed by atoms with E-state index in [4.69, 9.17) is 5.73 Å². The van der Waals surface area contributed by atoms with E-state index in [0.29, 0.717) is 6.04 Å². The Hall–Kier alpha value is -0.860. The van der Waals surface area contributed by atoms with Crippen molar-refractivity contribution in [2.75, 3.05) is 14.1 Å². The molecule has 0 radical (unpaired) electrons. The number of rotatable bonds is 4. The molecule has 84 valence electrons. The van der Waals surface area contributed by atoms with Crippen molar-refractivity contribution >= 4 is 0 Å². The van der Waals surface area contributed by atoms with E-state index in [1.807, 2.05) is 6.07 Å². The smallest absolute Gasteiger partial charge is 0.0359 e. The van der Waals surface area contributed by atoms with Crippen molar-refractivity contribution in [2.24, 2.45) is 5.73 Å². The average molecular weight is 206 g/mol. The predicted molar refractivity (Wildman–Crippen MR) is 65.8 cm³/mol. The van der Waals surface area contributed by atoms with Crippen LogP contribution in [0.5, 0.6) is 0 Å². The van der Waals surface area contributed by atoms with Gasteiger partial charge in [0.05, 0.1) is 0 Å². The highest BCUT2D eigenvalue weighted by molar-refractivity contribution is 5.19. The summed E-state index contributed by atoms with van der Waals surface area (Å²) in [5.74, 6) is 0. The molecule has 0 saturated heterocycles. The second-order valence-corrected chi connectivity index (χ2v) is 5.08. The van der Waals surface area contributed by atoms with Crippen molar-refractivity contribution in [1.29, 1.82) is 0 Å². The van der Waals surface area contributed by atoms with Gasteiger partial charge in [0, 0.05) is 11.6 Å². The summed E-state index contributed by atoms with van der Waals surface area (Å²) in [7, 11) is 4.20. The SMILES string of the molecule is CN(C)C(CC(C)(C)N)c1ccccc1. The van der Waals surface area contributed by atoms with Gasteiger partial charge in [-0.05, 0) is 39.9 Å². The maximum Gasteiger partial charge on any atom is 0.0359 e. The van der Waals surface area contributed by atoms with E-state index in [0.717, 1.165) is 6.42 Å². The molecule has 0 amide bonds. The number of nitrogens with zero attached hydrogens (tertiary/aromatic N) is 1. The molecule has 2 N–H and O–H groups in total. The lowest BCUT2D eigenvalue weighted by molar-refractivity contribution is 0.243. The molecule has 1 unspecified atom stereocenters. The number of benzene rings is 1. The molecule has 1 rings (SSSR count). The van der Waals surface area contributed by atoms with E-state index in [2.05, 4.69) is 57.1 Å². The summed E-state index contributed by atoms with van der Waals surface area (Å²) in [4.78, 5) is 2.23. The van der Waals surface area contributed by atoms with Gasteiger partial charge in [0.25, 0.3) is 0 Å². The minimum atomic E-state index is -0.134. The molecule has 0 aromatic heterocycles. The van der Waals surface area contributed by atoms with E-state index in [1.54, 1.807) is 0 Å². The zero-order valence-electron chi connectivity index (χ0n) is 10.2. The first-order valence-corrected chi connectivity index (χ1v) is 5.40. The lowest BCUT2D eigenvalue weighted by atomic mass is 9.91. The molecular formula is C13H22N2. The Bertz CT molecular complexity index is 285. The third kappa shape index (κ3) is 4.02. The van der Waals surface area contributed by atoms with E-state index in [9.17, 15) is 0 Å². The van der Waals surface area contributed by atoms with Gasteiger partial charge in [0.2, 0.25) is 0 Å². The van der Waals surface area contributed by atoms with Crippen molar-refractivity contribution in [2.45, 2.75) is 31.8 Å². The predicted octanol–water partition coefficient (Wildman–Crippen LogP) is 2.42. The molecular weight excluding hydrogens is 184 g/mol. The average Bonchev–Trinajstić information content (AvgIpc) is 2.14. The van der Waals surface area contributed by atoms with Gasteiger partial charge < -0.3 is 10.6 Å². The van der Waals surface area contributed by atoms with Crippen molar-refractivity contribution in [3.05, 3.63) is 35.9 Å². The summed E-state index contributed by atoms with van der Waals surface area (Å²) in [6, 6.07) is 10.9. The van der Waals surface area contributed by atoms with E-state index < -0.39 is 0 Å². The minimum Gasteiger partial charge on any atom is -0.325 e. The maximum absolute atomic E-state index is 6.08. The first-order valence-electron chi connectivity index (χ1n) is 5.40. The number of nitrogens with two attached hydrogens (primary N) is 1. The molecule has 0 bridgehead atoms. The van der Waals surface area contributed by atoms with Crippen LogP contribution in [0.2, 0.25) is 0 Å². The van der Waals surface area contributed by atoms with Gasteiger partial charge in [-0.3, -0.25) is 0 Å². The van der Waals surface area contributed by atoms with Crippen LogP contribution in [0.15, 0.2) is 30.3 Å². The molecule has 1 aromatic carbocycles. The highest BCUT2D eigenvalue weighted by Gasteiger charge is 2.21. The fourth-order valence-corrected chi connectivity index (χ4v) is 1.77. The molecule has 1 aromatic rings. The Kier molecular flexibility index (Phi) is 3.89. The first kappa shape index (κ1) is 12.2. The largest absolute Gasteiger partial charge is 0.325 e. The van der Waals surface area contributed by atoms with E-state index in [1.165, 1.54) is 5.56 Å². The van der Waals surface area contributed by atoms with Crippen LogP contribution in [-0.2, 0) is 0 Å². The van der Waals surface area contributed by atoms with Crippen LogP contribution in [0.3, 0.4) is 0 Å². The Morgan fingerprint density at radius 1 is 1.20 bits per heavy atom. The van der Waals surface area contributed by atoms with Gasteiger partial charge in [0.1, 0.15) is 0 Å². The maximum atomic E-state index is 6.08. The molecule has 0 aliphatic heterocycles. The monoisotopic (exact) mass is 206 g/mol. The van der Waals surface area contributed by atoms with Crippen molar-refractivity contribution < 1.29 is 0 Å². The zero-order chi connectivity index (χ0) is 11.5. The van der Waals surface area contributed by atoms with Crippen LogP contribution in [0.4, 0.5) is 0 Å².